The molecule has 2 fully saturated rings. The van der Waals surface area contributed by atoms with Crippen LogP contribution in [0.2, 0.25) is 0 Å². The zero-order chi connectivity index (χ0) is 18.0. The largest absolute Gasteiger partial charge is 0.456 e. The molecule has 0 spiro atoms. The Morgan fingerprint density at radius 1 is 1.24 bits per heavy atom. The monoisotopic (exact) mass is 352 g/mol. The normalized spacial score (nSPS) is 35.2. The van der Waals surface area contributed by atoms with Crippen molar-refractivity contribution in [3.8, 4) is 0 Å². The number of aliphatic hydroxyl groups is 1. The third-order valence-electron chi connectivity index (χ3n) is 4.33. The number of hydrogen-bond acceptors (Lipinski definition) is 7. The van der Waals surface area contributed by atoms with Crippen LogP contribution in [-0.4, -0.2) is 55.5 Å². The summed E-state index contributed by atoms with van der Waals surface area (Å²) in [6, 6.07) is 9.45. The first-order chi connectivity index (χ1) is 12.0. The molecule has 0 aliphatic carbocycles. The van der Waals surface area contributed by atoms with E-state index in [1.165, 1.54) is 7.11 Å². The molecule has 25 heavy (non-hydrogen) atoms. The van der Waals surface area contributed by atoms with Gasteiger partial charge in [0, 0.05) is 12.7 Å². The first-order valence-electron chi connectivity index (χ1n) is 8.40. The van der Waals surface area contributed by atoms with Crippen LogP contribution >= 0.6 is 0 Å². The first-order valence-corrected chi connectivity index (χ1v) is 8.40. The lowest BCUT2D eigenvalue weighted by atomic mass is 9.97. The third kappa shape index (κ3) is 3.86. The Morgan fingerprint density at radius 2 is 1.96 bits per heavy atom. The van der Waals surface area contributed by atoms with Gasteiger partial charge in [0.05, 0.1) is 12.5 Å². The summed E-state index contributed by atoms with van der Waals surface area (Å²) in [5, 5.41) is 10.5. The molecule has 0 bridgehead atoms. The van der Waals surface area contributed by atoms with Gasteiger partial charge in [-0.3, -0.25) is 4.79 Å². The summed E-state index contributed by atoms with van der Waals surface area (Å²) in [6.07, 6.45) is -4.72. The fourth-order valence-electron chi connectivity index (χ4n) is 2.94. The van der Waals surface area contributed by atoms with E-state index in [2.05, 4.69) is 0 Å². The third-order valence-corrected chi connectivity index (χ3v) is 4.33. The number of fused-ring (bicyclic) bond motifs is 1. The minimum Gasteiger partial charge on any atom is -0.456 e. The molecule has 0 unspecified atom stereocenters. The molecule has 0 amide bonds. The number of methoxy groups -OCH3 is 1. The van der Waals surface area contributed by atoms with Gasteiger partial charge in [0.15, 0.2) is 18.7 Å². The number of aliphatic hydroxyl groups excluding tert-OH is 1. The molecular weight excluding hydrogens is 328 g/mol. The minimum absolute atomic E-state index is 0.243. The SMILES string of the molecule is CO[C@H]1O[C@@H]2CO[C@@H](c3ccccc3)O[C@H]2[C@H](OC(=O)C(C)C)[C@H]1O. The van der Waals surface area contributed by atoms with E-state index in [9.17, 15) is 9.90 Å². The summed E-state index contributed by atoms with van der Waals surface area (Å²) in [5.74, 6) is -0.731. The van der Waals surface area contributed by atoms with Crippen LogP contribution in [-0.2, 0) is 28.5 Å². The number of ether oxygens (including phenoxy) is 5. The van der Waals surface area contributed by atoms with Crippen molar-refractivity contribution in [2.45, 2.75) is 50.8 Å². The number of hydrogen-bond donors (Lipinski definition) is 1. The van der Waals surface area contributed by atoms with Crippen molar-refractivity contribution < 1.29 is 33.6 Å². The maximum Gasteiger partial charge on any atom is 0.308 e. The standard InChI is InChI=1S/C18H24O7/c1-10(2)16(20)24-15-13(19)18(21-3)23-12-9-22-17(25-14(12)15)11-7-5-4-6-8-11/h4-8,10,12-15,17-19H,9H2,1-3H3/t12-,13-,14-,15-,17-,18+/m1/s1. The molecule has 0 aromatic heterocycles. The predicted molar refractivity (Wildman–Crippen MR) is 86.4 cm³/mol. The van der Waals surface area contributed by atoms with Gasteiger partial charge in [-0.05, 0) is 0 Å². The van der Waals surface area contributed by atoms with Crippen LogP contribution in [0.1, 0.15) is 25.7 Å². The predicted octanol–water partition coefficient (Wildman–Crippen LogP) is 1.40. The highest BCUT2D eigenvalue weighted by molar-refractivity contribution is 5.71. The molecule has 7 heteroatoms. The molecule has 2 saturated heterocycles. The molecule has 3 rings (SSSR count). The molecule has 7 nitrogen and oxygen atoms in total. The molecule has 2 aliphatic heterocycles. The average Bonchev–Trinajstić information content (AvgIpc) is 2.63. The van der Waals surface area contributed by atoms with E-state index >= 15 is 0 Å². The highest BCUT2D eigenvalue weighted by Gasteiger charge is 2.51. The smallest absolute Gasteiger partial charge is 0.308 e. The van der Waals surface area contributed by atoms with Crippen molar-refractivity contribution >= 4 is 5.97 Å². The molecule has 0 saturated carbocycles. The molecule has 1 N–H and O–H groups in total. The van der Waals surface area contributed by atoms with E-state index in [1.807, 2.05) is 30.3 Å². The van der Waals surface area contributed by atoms with E-state index in [-0.39, 0.29) is 12.5 Å². The second-order valence-electron chi connectivity index (χ2n) is 6.50. The van der Waals surface area contributed by atoms with E-state index in [0.29, 0.717) is 0 Å². The maximum absolute atomic E-state index is 12.1. The zero-order valence-corrected chi connectivity index (χ0v) is 14.5. The second-order valence-corrected chi connectivity index (χ2v) is 6.50. The van der Waals surface area contributed by atoms with Gasteiger partial charge in [0.2, 0.25) is 0 Å². The summed E-state index contributed by atoms with van der Waals surface area (Å²) in [5.41, 5.74) is 0.846. The van der Waals surface area contributed by atoms with E-state index in [4.69, 9.17) is 23.7 Å². The molecule has 2 aliphatic rings. The Hall–Kier alpha value is -1.51. The zero-order valence-electron chi connectivity index (χ0n) is 14.5. The van der Waals surface area contributed by atoms with E-state index < -0.39 is 43.0 Å². The number of benzene rings is 1. The molecular formula is C18H24O7. The Kier molecular flexibility index (Phi) is 5.71. The quantitative estimate of drug-likeness (QED) is 0.820. The van der Waals surface area contributed by atoms with Crippen molar-refractivity contribution in [1.82, 2.24) is 0 Å². The van der Waals surface area contributed by atoms with Crippen molar-refractivity contribution in [1.29, 1.82) is 0 Å². The van der Waals surface area contributed by atoms with Gasteiger partial charge in [0.25, 0.3) is 0 Å². The van der Waals surface area contributed by atoms with Crippen LogP contribution in [0, 0.1) is 5.92 Å². The van der Waals surface area contributed by atoms with Gasteiger partial charge < -0.3 is 28.8 Å². The van der Waals surface area contributed by atoms with Crippen LogP contribution in [0.4, 0.5) is 0 Å². The van der Waals surface area contributed by atoms with E-state index in [1.54, 1.807) is 13.8 Å². The summed E-state index contributed by atoms with van der Waals surface area (Å²) < 4.78 is 28.1. The Balaban J connectivity index is 1.80. The second kappa shape index (κ2) is 7.80. The highest BCUT2D eigenvalue weighted by atomic mass is 16.8. The number of esters is 1. The maximum atomic E-state index is 12.1. The molecule has 0 radical (unpaired) electrons. The molecule has 1 aromatic rings. The topological polar surface area (TPSA) is 83.5 Å². The lowest BCUT2D eigenvalue weighted by molar-refractivity contribution is -0.359. The summed E-state index contributed by atoms with van der Waals surface area (Å²) in [7, 11) is 1.42. The Morgan fingerprint density at radius 3 is 2.60 bits per heavy atom. The van der Waals surface area contributed by atoms with Crippen molar-refractivity contribution in [2.24, 2.45) is 5.92 Å². The molecule has 6 atom stereocenters. The number of carbonyl (C=O) groups excluding carboxylic acids is 1. The van der Waals surface area contributed by atoms with Gasteiger partial charge in [-0.25, -0.2) is 0 Å². The van der Waals surface area contributed by atoms with Crippen LogP contribution in [0.5, 0.6) is 0 Å². The van der Waals surface area contributed by atoms with Crippen molar-refractivity contribution in [3.63, 3.8) is 0 Å². The lowest BCUT2D eigenvalue weighted by Crippen LogP contribution is -2.63. The fourth-order valence-corrected chi connectivity index (χ4v) is 2.94. The van der Waals surface area contributed by atoms with Gasteiger partial charge in [-0.15, -0.1) is 0 Å². The minimum atomic E-state index is -1.15. The van der Waals surface area contributed by atoms with Gasteiger partial charge >= 0.3 is 5.97 Å². The lowest BCUT2D eigenvalue weighted by Gasteiger charge is -2.47. The fraction of sp³-hybridized carbons (Fsp3) is 0.611. The summed E-state index contributed by atoms with van der Waals surface area (Å²) in [4.78, 5) is 12.1. The van der Waals surface area contributed by atoms with Gasteiger partial charge in [-0.2, -0.15) is 0 Å². The molecule has 138 valence electrons. The number of carbonyl (C=O) groups is 1. The van der Waals surface area contributed by atoms with Crippen LogP contribution < -0.4 is 0 Å². The summed E-state index contributed by atoms with van der Waals surface area (Å²) in [6.45, 7) is 3.71. The van der Waals surface area contributed by atoms with Crippen molar-refractivity contribution in [2.75, 3.05) is 13.7 Å². The van der Waals surface area contributed by atoms with E-state index in [0.717, 1.165) is 5.56 Å². The summed E-state index contributed by atoms with van der Waals surface area (Å²) >= 11 is 0. The van der Waals surface area contributed by atoms with Crippen molar-refractivity contribution in [3.05, 3.63) is 35.9 Å². The number of rotatable bonds is 4. The van der Waals surface area contributed by atoms with Gasteiger partial charge in [0.1, 0.15) is 18.3 Å². The van der Waals surface area contributed by atoms with Gasteiger partial charge in [-0.1, -0.05) is 44.2 Å². The average molecular weight is 352 g/mol. The highest BCUT2D eigenvalue weighted by Crippen LogP contribution is 2.35. The molecule has 1 aromatic carbocycles. The van der Waals surface area contributed by atoms with Crippen LogP contribution in [0.25, 0.3) is 0 Å². The Labute approximate surface area is 146 Å². The molecule has 2 heterocycles. The first kappa shape index (κ1) is 18.3. The van der Waals surface area contributed by atoms with Crippen LogP contribution in [0.15, 0.2) is 30.3 Å². The van der Waals surface area contributed by atoms with Crippen LogP contribution in [0.3, 0.4) is 0 Å². The Bertz CT molecular complexity index is 576.